The second-order valence-corrected chi connectivity index (χ2v) is 6.87. The van der Waals surface area contributed by atoms with Crippen LogP contribution in [0, 0.1) is 3.77 Å². The number of nitrogens with zero attached hydrogens (tertiary/aromatic N) is 2. The number of furan rings is 1. The number of hydrogen-bond donors (Lipinski definition) is 1. The van der Waals surface area contributed by atoms with Crippen LogP contribution in [0.3, 0.4) is 0 Å². The molecule has 122 valence electrons. The Hall–Kier alpha value is -2.09. The highest BCUT2D eigenvalue weighted by molar-refractivity contribution is 14.1. The van der Waals surface area contributed by atoms with Gasteiger partial charge in [-0.3, -0.25) is 4.79 Å². The van der Waals surface area contributed by atoms with Crippen LogP contribution in [-0.2, 0) is 4.79 Å². The van der Waals surface area contributed by atoms with E-state index < -0.39 is 0 Å². The van der Waals surface area contributed by atoms with Gasteiger partial charge in [0.1, 0.15) is 11.6 Å². The van der Waals surface area contributed by atoms with Gasteiger partial charge in [0.2, 0.25) is 5.91 Å². The highest BCUT2D eigenvalue weighted by atomic mass is 127. The number of imidazole rings is 1. The van der Waals surface area contributed by atoms with Crippen molar-refractivity contribution in [2.24, 2.45) is 0 Å². The van der Waals surface area contributed by atoms with Crippen molar-refractivity contribution in [3.05, 3.63) is 57.8 Å². The van der Waals surface area contributed by atoms with E-state index in [9.17, 15) is 4.79 Å². The molecule has 4 rings (SSSR count). The van der Waals surface area contributed by atoms with Gasteiger partial charge in [0.25, 0.3) is 0 Å². The molecule has 1 fully saturated rings. The van der Waals surface area contributed by atoms with Crippen LogP contribution in [0.2, 0.25) is 0 Å². The number of carbonyl (C=O) groups is 1. The molecule has 0 radical (unpaired) electrons. The number of aromatic amines is 1. The zero-order valence-corrected chi connectivity index (χ0v) is 15.1. The first-order valence-corrected chi connectivity index (χ1v) is 8.97. The Balaban J connectivity index is 1.55. The zero-order valence-electron chi connectivity index (χ0n) is 12.9. The maximum Gasteiger partial charge on any atom is 0.247 e. The van der Waals surface area contributed by atoms with Crippen molar-refractivity contribution in [2.75, 3.05) is 6.54 Å². The standard InChI is InChI=1S/C18H16IN3O2/c19-16-9-7-12(24-16)8-10-17(23)22-11-3-6-15(22)18-20-13-4-1-2-5-14(13)21-18/h1-2,4-5,7-10,15H,3,6,11H2,(H,20,21). The first-order valence-electron chi connectivity index (χ1n) is 7.89. The predicted octanol–water partition coefficient (Wildman–Crippen LogP) is 4.14. The summed E-state index contributed by atoms with van der Waals surface area (Å²) in [7, 11) is 0. The molecule has 0 aliphatic carbocycles. The average molecular weight is 433 g/mol. The molecule has 6 heteroatoms. The minimum absolute atomic E-state index is 0.00582. The maximum atomic E-state index is 12.6. The van der Waals surface area contributed by atoms with Crippen molar-refractivity contribution in [3.8, 4) is 0 Å². The van der Waals surface area contributed by atoms with Gasteiger partial charge < -0.3 is 14.3 Å². The van der Waals surface area contributed by atoms with Gasteiger partial charge in [-0.1, -0.05) is 12.1 Å². The van der Waals surface area contributed by atoms with Gasteiger partial charge in [-0.05, 0) is 65.8 Å². The Labute approximate surface area is 152 Å². The Morgan fingerprint density at radius 2 is 2.21 bits per heavy atom. The third kappa shape index (κ3) is 2.98. The Kier molecular flexibility index (Phi) is 4.13. The summed E-state index contributed by atoms with van der Waals surface area (Å²) >= 11 is 2.11. The number of amides is 1. The molecule has 0 spiro atoms. The lowest BCUT2D eigenvalue weighted by Crippen LogP contribution is -2.29. The molecule has 0 bridgehead atoms. The number of para-hydroxylation sites is 2. The first-order chi connectivity index (χ1) is 11.7. The molecular formula is C18H16IN3O2. The van der Waals surface area contributed by atoms with Gasteiger partial charge in [0, 0.05) is 12.6 Å². The molecule has 24 heavy (non-hydrogen) atoms. The molecule has 3 aromatic rings. The summed E-state index contributed by atoms with van der Waals surface area (Å²) in [5.74, 6) is 1.54. The van der Waals surface area contributed by atoms with Crippen molar-refractivity contribution >= 4 is 45.6 Å². The van der Waals surface area contributed by atoms with Crippen LogP contribution >= 0.6 is 22.6 Å². The van der Waals surface area contributed by atoms with E-state index in [1.807, 2.05) is 41.3 Å². The fraction of sp³-hybridized carbons (Fsp3) is 0.222. The summed E-state index contributed by atoms with van der Waals surface area (Å²) in [5, 5.41) is 0. The van der Waals surface area contributed by atoms with E-state index in [0.29, 0.717) is 5.76 Å². The monoisotopic (exact) mass is 433 g/mol. The van der Waals surface area contributed by atoms with E-state index in [4.69, 9.17) is 4.42 Å². The molecule has 1 N–H and O–H groups in total. The fourth-order valence-electron chi connectivity index (χ4n) is 3.11. The second-order valence-electron chi connectivity index (χ2n) is 5.80. The Morgan fingerprint density at radius 3 is 3.00 bits per heavy atom. The van der Waals surface area contributed by atoms with Crippen LogP contribution < -0.4 is 0 Å². The van der Waals surface area contributed by atoms with E-state index in [0.717, 1.165) is 40.0 Å². The summed E-state index contributed by atoms with van der Waals surface area (Å²) in [6, 6.07) is 11.7. The number of likely N-dealkylation sites (tertiary alicyclic amines) is 1. The molecule has 5 nitrogen and oxygen atoms in total. The number of rotatable bonds is 3. The Morgan fingerprint density at radius 1 is 1.33 bits per heavy atom. The molecule has 1 amide bonds. The van der Waals surface area contributed by atoms with Crippen molar-refractivity contribution in [3.63, 3.8) is 0 Å². The van der Waals surface area contributed by atoms with Crippen LogP contribution in [0.5, 0.6) is 0 Å². The fourth-order valence-corrected chi connectivity index (χ4v) is 3.55. The van der Waals surface area contributed by atoms with Gasteiger partial charge in [-0.25, -0.2) is 4.98 Å². The third-order valence-corrected chi connectivity index (χ3v) is 4.82. The van der Waals surface area contributed by atoms with E-state index in [2.05, 4.69) is 32.6 Å². The summed E-state index contributed by atoms with van der Waals surface area (Å²) in [6.45, 7) is 0.751. The first kappa shape index (κ1) is 15.4. The number of H-pyrrole nitrogens is 1. The predicted molar refractivity (Wildman–Crippen MR) is 100 cm³/mol. The molecule has 1 saturated heterocycles. The molecule has 1 atom stereocenters. The number of halogens is 1. The van der Waals surface area contributed by atoms with Gasteiger partial charge in [0.05, 0.1) is 17.1 Å². The van der Waals surface area contributed by atoms with E-state index in [-0.39, 0.29) is 11.9 Å². The van der Waals surface area contributed by atoms with Gasteiger partial charge in [0.15, 0.2) is 3.77 Å². The van der Waals surface area contributed by atoms with Crippen LogP contribution in [0.15, 0.2) is 46.9 Å². The minimum Gasteiger partial charge on any atom is -0.451 e. The van der Waals surface area contributed by atoms with Crippen LogP contribution in [0.1, 0.15) is 30.5 Å². The van der Waals surface area contributed by atoms with Gasteiger partial charge in [-0.15, -0.1) is 0 Å². The minimum atomic E-state index is -0.00985. The largest absolute Gasteiger partial charge is 0.451 e. The number of benzene rings is 1. The van der Waals surface area contributed by atoms with Crippen molar-refractivity contribution in [1.29, 1.82) is 0 Å². The van der Waals surface area contributed by atoms with Crippen LogP contribution in [0.25, 0.3) is 17.1 Å². The number of carbonyl (C=O) groups excluding carboxylic acids is 1. The van der Waals surface area contributed by atoms with Crippen molar-refractivity contribution in [2.45, 2.75) is 18.9 Å². The van der Waals surface area contributed by atoms with Gasteiger partial charge in [-0.2, -0.15) is 0 Å². The summed E-state index contributed by atoms with van der Waals surface area (Å²) in [6.07, 6.45) is 5.21. The van der Waals surface area contributed by atoms with Gasteiger partial charge >= 0.3 is 0 Å². The smallest absolute Gasteiger partial charge is 0.247 e. The number of hydrogen-bond acceptors (Lipinski definition) is 3. The van der Waals surface area contributed by atoms with E-state index in [1.165, 1.54) is 0 Å². The summed E-state index contributed by atoms with van der Waals surface area (Å²) < 4.78 is 6.27. The topological polar surface area (TPSA) is 62.1 Å². The zero-order chi connectivity index (χ0) is 16.5. The molecule has 1 unspecified atom stereocenters. The highest BCUT2D eigenvalue weighted by Gasteiger charge is 2.31. The van der Waals surface area contributed by atoms with Crippen molar-refractivity contribution in [1.82, 2.24) is 14.9 Å². The molecular weight excluding hydrogens is 417 g/mol. The normalized spacial score (nSPS) is 18.0. The molecule has 1 aromatic carbocycles. The highest BCUT2D eigenvalue weighted by Crippen LogP contribution is 2.31. The molecule has 1 aliphatic heterocycles. The molecule has 3 heterocycles. The molecule has 0 saturated carbocycles. The third-order valence-electron chi connectivity index (χ3n) is 4.24. The average Bonchev–Trinajstić information content (AvgIpc) is 3.30. The second kappa shape index (κ2) is 6.43. The quantitative estimate of drug-likeness (QED) is 0.499. The lowest BCUT2D eigenvalue weighted by atomic mass is 10.2. The molecule has 2 aromatic heterocycles. The molecule has 1 aliphatic rings. The van der Waals surface area contributed by atoms with E-state index >= 15 is 0 Å². The Bertz CT molecular complexity index is 879. The van der Waals surface area contributed by atoms with E-state index in [1.54, 1.807) is 12.2 Å². The van der Waals surface area contributed by atoms with Crippen LogP contribution in [0.4, 0.5) is 0 Å². The maximum absolute atomic E-state index is 12.6. The number of aromatic nitrogens is 2. The lowest BCUT2D eigenvalue weighted by Gasteiger charge is -2.21. The van der Waals surface area contributed by atoms with Crippen LogP contribution in [-0.4, -0.2) is 27.3 Å². The lowest BCUT2D eigenvalue weighted by molar-refractivity contribution is -0.127. The van der Waals surface area contributed by atoms with Crippen molar-refractivity contribution < 1.29 is 9.21 Å². The number of nitrogens with one attached hydrogen (secondary N) is 1. The number of fused-ring (bicyclic) bond motifs is 1. The summed E-state index contributed by atoms with van der Waals surface area (Å²) in [5.41, 5.74) is 1.94. The SMILES string of the molecule is O=C(C=Cc1ccc(I)o1)N1CCCC1c1nc2ccccc2[nH]1. The summed E-state index contributed by atoms with van der Waals surface area (Å²) in [4.78, 5) is 22.5.